The molecule has 2 aromatic carbocycles. The van der Waals surface area contributed by atoms with E-state index in [9.17, 15) is 28.0 Å². The van der Waals surface area contributed by atoms with Crippen molar-refractivity contribution >= 4 is 40.8 Å². The molecule has 5 rings (SSSR count). The lowest BCUT2D eigenvalue weighted by molar-refractivity contribution is -0.141. The highest BCUT2D eigenvalue weighted by Gasteiger charge is 2.35. The smallest absolute Gasteiger partial charge is 0.433 e. The van der Waals surface area contributed by atoms with Gasteiger partial charge >= 0.3 is 12.1 Å². The van der Waals surface area contributed by atoms with E-state index in [4.69, 9.17) is 9.47 Å². The van der Waals surface area contributed by atoms with Gasteiger partial charge in [0.25, 0.3) is 5.56 Å². The molecule has 0 N–H and O–H groups in total. The van der Waals surface area contributed by atoms with Crippen molar-refractivity contribution in [2.45, 2.75) is 36.8 Å². The molecule has 1 aliphatic heterocycles. The topological polar surface area (TPSA) is 110 Å². The second kappa shape index (κ2) is 13.7. The van der Waals surface area contributed by atoms with E-state index in [0.717, 1.165) is 23.5 Å². The Kier molecular flexibility index (Phi) is 9.84. The number of rotatable bonds is 8. The third-order valence-electron chi connectivity index (χ3n) is 7.70. The Bertz CT molecular complexity index is 2160. The number of fused-ring (bicyclic) bond motifs is 1. The molecule has 14 heteroatoms. The summed E-state index contributed by atoms with van der Waals surface area (Å²) in [7, 11) is 6.59. The largest absolute Gasteiger partial charge is 0.496 e. The predicted octanol–water partition coefficient (Wildman–Crippen LogP) is 5.37. The van der Waals surface area contributed by atoms with Crippen molar-refractivity contribution in [2.24, 2.45) is 4.99 Å². The number of pyridine rings is 1. The third kappa shape index (κ3) is 6.74. The zero-order chi connectivity index (χ0) is 34.9. The lowest BCUT2D eigenvalue weighted by Crippen LogP contribution is -2.39. The Balaban J connectivity index is 1.57. The molecule has 4 aromatic rings. The number of esters is 1. The fourth-order valence-corrected chi connectivity index (χ4v) is 7.37. The quantitative estimate of drug-likeness (QED) is 0.179. The molecule has 3 heterocycles. The van der Waals surface area contributed by atoms with Crippen molar-refractivity contribution in [3.63, 3.8) is 0 Å². The van der Waals surface area contributed by atoms with E-state index in [2.05, 4.69) is 9.98 Å². The van der Waals surface area contributed by atoms with Crippen molar-refractivity contribution < 1.29 is 27.4 Å². The van der Waals surface area contributed by atoms with Gasteiger partial charge in [0.2, 0.25) is 0 Å². The van der Waals surface area contributed by atoms with Crippen molar-refractivity contribution in [2.75, 3.05) is 33.2 Å². The van der Waals surface area contributed by atoms with E-state index >= 15 is 0 Å². The number of nitriles is 1. The molecule has 0 bridgehead atoms. The van der Waals surface area contributed by atoms with Crippen LogP contribution in [-0.4, -0.2) is 43.8 Å². The number of allylic oxidation sites excluding steroid dienone is 1. The number of hydrogen-bond acceptors (Lipinski definition) is 10. The second-order valence-electron chi connectivity index (χ2n) is 11.0. The monoisotopic (exact) mass is 693 g/mol. The van der Waals surface area contributed by atoms with Gasteiger partial charge in [0, 0.05) is 31.1 Å². The van der Waals surface area contributed by atoms with E-state index in [-0.39, 0.29) is 33.0 Å². The van der Waals surface area contributed by atoms with Crippen LogP contribution in [0.1, 0.15) is 46.5 Å². The molecular weight excluding hydrogens is 664 g/mol. The molecule has 0 unspecified atom stereocenters. The molecule has 0 amide bonds. The Morgan fingerprint density at radius 2 is 1.85 bits per heavy atom. The van der Waals surface area contributed by atoms with Gasteiger partial charge in [0.1, 0.15) is 22.5 Å². The first-order valence-corrected chi connectivity index (χ1v) is 16.2. The lowest BCUT2D eigenvalue weighted by Gasteiger charge is -2.25. The number of carbonyl (C=O) groups is 1. The summed E-state index contributed by atoms with van der Waals surface area (Å²) < 4.78 is 52.9. The molecule has 48 heavy (non-hydrogen) atoms. The van der Waals surface area contributed by atoms with Gasteiger partial charge < -0.3 is 14.4 Å². The number of halogens is 3. The summed E-state index contributed by atoms with van der Waals surface area (Å²) in [6, 6.07) is 14.8. The number of alkyl halides is 3. The lowest BCUT2D eigenvalue weighted by atomic mass is 9.95. The molecule has 2 aromatic heterocycles. The van der Waals surface area contributed by atoms with Crippen LogP contribution < -0.4 is 24.5 Å². The standard InChI is InChI=1S/C34H30F3N5O4S2/c1-18-13-27(34(35,36)37)40-30(24(18)16-38)47-17-22-14-20(7-12-25(22)45-5)15-26-31(43)42-29(21-8-10-23(11-9-21)41(3)4)28(32(44)46-6)19(2)39-33(42)48-26/h7-15,29H,17H2,1-6H3/t29-/m1/s1. The number of anilines is 1. The molecule has 0 radical (unpaired) electrons. The number of hydrogen-bond donors (Lipinski definition) is 0. The van der Waals surface area contributed by atoms with Crippen LogP contribution in [0.3, 0.4) is 0 Å². The molecule has 1 atom stereocenters. The summed E-state index contributed by atoms with van der Waals surface area (Å²) in [5, 5.41) is 9.57. The first-order chi connectivity index (χ1) is 22.8. The van der Waals surface area contributed by atoms with Crippen LogP contribution in [-0.2, 0) is 21.5 Å². The number of aromatic nitrogens is 2. The van der Waals surface area contributed by atoms with Crippen LogP contribution in [0.2, 0.25) is 0 Å². The van der Waals surface area contributed by atoms with Gasteiger partial charge in [0.05, 0.1) is 41.6 Å². The number of thioether (sulfide) groups is 1. The second-order valence-corrected chi connectivity index (χ2v) is 13.0. The van der Waals surface area contributed by atoms with E-state index < -0.39 is 23.9 Å². The van der Waals surface area contributed by atoms with Gasteiger partial charge in [0.15, 0.2) is 4.80 Å². The summed E-state index contributed by atoms with van der Waals surface area (Å²) in [5.74, 6) is 0.0245. The van der Waals surface area contributed by atoms with Crippen molar-refractivity contribution in [3.05, 3.63) is 113 Å². The SMILES string of the molecule is COC(=O)C1=C(C)N=c2sc(=Cc3ccc(OC)c(CSc4nc(C(F)(F)F)cc(C)c4C#N)c3)c(=O)n2[C@@H]1c1ccc(N(C)C)cc1. The third-order valence-corrected chi connectivity index (χ3v) is 9.71. The minimum atomic E-state index is -4.67. The highest BCUT2D eigenvalue weighted by atomic mass is 32.2. The molecule has 0 aliphatic carbocycles. The number of carbonyl (C=O) groups excluding carboxylic acids is 1. The van der Waals surface area contributed by atoms with Gasteiger partial charge in [-0.25, -0.2) is 14.8 Å². The van der Waals surface area contributed by atoms with Crippen molar-refractivity contribution in [3.8, 4) is 11.8 Å². The molecule has 0 saturated carbocycles. The average Bonchev–Trinajstić information content (AvgIpc) is 3.35. The minimum Gasteiger partial charge on any atom is -0.496 e. The summed E-state index contributed by atoms with van der Waals surface area (Å²) in [6.45, 7) is 3.14. The van der Waals surface area contributed by atoms with Gasteiger partial charge in [-0.15, -0.1) is 11.8 Å². The first kappa shape index (κ1) is 34.5. The number of aryl methyl sites for hydroxylation is 1. The van der Waals surface area contributed by atoms with Crippen molar-refractivity contribution in [1.82, 2.24) is 9.55 Å². The fraction of sp³-hybridized carbons (Fsp3) is 0.265. The van der Waals surface area contributed by atoms with Crippen LogP contribution in [0.15, 0.2) is 74.6 Å². The van der Waals surface area contributed by atoms with Crippen LogP contribution in [0.25, 0.3) is 6.08 Å². The van der Waals surface area contributed by atoms with Crippen LogP contribution in [0, 0.1) is 18.3 Å². The zero-order valence-corrected chi connectivity index (χ0v) is 28.4. The fourth-order valence-electron chi connectivity index (χ4n) is 5.29. The predicted molar refractivity (Wildman–Crippen MR) is 178 cm³/mol. The van der Waals surface area contributed by atoms with Crippen LogP contribution in [0.5, 0.6) is 5.75 Å². The van der Waals surface area contributed by atoms with Gasteiger partial charge in [-0.1, -0.05) is 29.5 Å². The Labute approximate surface area is 282 Å². The normalized spacial score (nSPS) is 14.7. The van der Waals surface area contributed by atoms with Gasteiger partial charge in [-0.05, 0) is 66.9 Å². The number of ether oxygens (including phenoxy) is 2. The Morgan fingerprint density at radius 3 is 2.46 bits per heavy atom. The summed E-state index contributed by atoms with van der Waals surface area (Å²) in [4.78, 5) is 37.7. The number of benzene rings is 2. The highest BCUT2D eigenvalue weighted by molar-refractivity contribution is 7.98. The van der Waals surface area contributed by atoms with E-state index in [1.54, 1.807) is 31.2 Å². The summed E-state index contributed by atoms with van der Waals surface area (Å²) >= 11 is 2.16. The maximum absolute atomic E-state index is 14.0. The molecular formula is C34H30F3N5O4S2. The van der Waals surface area contributed by atoms with Gasteiger partial charge in [-0.2, -0.15) is 18.4 Å². The summed E-state index contributed by atoms with van der Waals surface area (Å²) in [6.07, 6.45) is -2.98. The van der Waals surface area contributed by atoms with E-state index in [1.807, 2.05) is 49.3 Å². The molecule has 0 spiro atoms. The van der Waals surface area contributed by atoms with Gasteiger partial charge in [-0.3, -0.25) is 9.36 Å². The first-order valence-electron chi connectivity index (χ1n) is 14.4. The summed E-state index contributed by atoms with van der Waals surface area (Å²) in [5.41, 5.74) is 2.41. The average molecular weight is 694 g/mol. The molecule has 0 fully saturated rings. The van der Waals surface area contributed by atoms with Crippen molar-refractivity contribution in [1.29, 1.82) is 5.26 Å². The Morgan fingerprint density at radius 1 is 1.15 bits per heavy atom. The maximum atomic E-state index is 14.0. The maximum Gasteiger partial charge on any atom is 0.433 e. The van der Waals surface area contributed by atoms with Crippen LogP contribution >= 0.6 is 23.1 Å². The Hall–Kier alpha value is -4.87. The van der Waals surface area contributed by atoms with Crippen LogP contribution in [0.4, 0.5) is 18.9 Å². The zero-order valence-electron chi connectivity index (χ0n) is 26.8. The molecule has 1 aliphatic rings. The van der Waals surface area contributed by atoms with E-state index in [0.29, 0.717) is 37.5 Å². The number of thiazole rings is 1. The number of methoxy groups -OCH3 is 2. The number of nitrogens with zero attached hydrogens (tertiary/aromatic N) is 5. The molecule has 248 valence electrons. The minimum absolute atomic E-state index is 0.0408. The molecule has 0 saturated heterocycles. The van der Waals surface area contributed by atoms with E-state index in [1.165, 1.54) is 37.0 Å². The highest BCUT2D eigenvalue weighted by Crippen LogP contribution is 2.35. The molecule has 9 nitrogen and oxygen atoms in total.